The number of carbonyl (C=O) groups excluding carboxylic acids is 1. The minimum absolute atomic E-state index is 0.0731. The minimum Gasteiger partial charge on any atom is -0.481 e. The maximum absolute atomic E-state index is 13.0. The molecule has 9 heteroatoms. The van der Waals surface area contributed by atoms with Crippen LogP contribution in [0.4, 0.5) is 18.9 Å². The maximum atomic E-state index is 13.0. The number of likely N-dealkylation sites (tertiary alicyclic amines) is 1. The van der Waals surface area contributed by atoms with Crippen molar-refractivity contribution in [1.82, 2.24) is 4.90 Å². The Morgan fingerprint density at radius 2 is 1.92 bits per heavy atom. The largest absolute Gasteiger partial charge is 0.481 e. The number of carboxylic acids is 1. The van der Waals surface area contributed by atoms with Gasteiger partial charge in [-0.05, 0) is 44.1 Å². The van der Waals surface area contributed by atoms with Crippen LogP contribution in [0.3, 0.4) is 0 Å². The molecule has 1 aromatic rings. The summed E-state index contributed by atoms with van der Waals surface area (Å²) in [6.45, 7) is 0.737. The number of rotatable bonds is 4. The molecule has 132 valence electrons. The highest BCUT2D eigenvalue weighted by atomic mass is 35.5. The number of nitrogens with zero attached hydrogens (tertiary/aromatic N) is 1. The summed E-state index contributed by atoms with van der Waals surface area (Å²) in [5.41, 5.74) is -1.36. The van der Waals surface area contributed by atoms with E-state index < -0.39 is 29.5 Å². The fraction of sp³-hybridized carbons (Fsp3) is 0.467. The van der Waals surface area contributed by atoms with Gasteiger partial charge in [0.2, 0.25) is 5.91 Å². The van der Waals surface area contributed by atoms with Crippen molar-refractivity contribution in [1.29, 1.82) is 0 Å². The molecule has 1 saturated heterocycles. The van der Waals surface area contributed by atoms with E-state index in [0.717, 1.165) is 12.1 Å². The highest BCUT2D eigenvalue weighted by Gasteiger charge is 2.34. The first kappa shape index (κ1) is 18.5. The Labute approximate surface area is 141 Å². The van der Waals surface area contributed by atoms with Crippen molar-refractivity contribution in [2.75, 3.05) is 25.0 Å². The van der Waals surface area contributed by atoms with Gasteiger partial charge in [-0.2, -0.15) is 13.2 Å². The van der Waals surface area contributed by atoms with Crippen molar-refractivity contribution in [3.05, 3.63) is 28.8 Å². The molecular weight excluding hydrogens is 349 g/mol. The zero-order valence-corrected chi connectivity index (χ0v) is 13.3. The van der Waals surface area contributed by atoms with Crippen molar-refractivity contribution in [3.63, 3.8) is 0 Å². The monoisotopic (exact) mass is 364 g/mol. The van der Waals surface area contributed by atoms with E-state index in [1.54, 1.807) is 4.90 Å². The summed E-state index contributed by atoms with van der Waals surface area (Å²) in [6, 6.07) is 3.14. The third-order valence-corrected chi connectivity index (χ3v) is 4.10. The minimum atomic E-state index is -4.63. The lowest BCUT2D eigenvalue weighted by Gasteiger charge is -2.29. The maximum Gasteiger partial charge on any atom is 0.418 e. The van der Waals surface area contributed by atoms with E-state index in [4.69, 9.17) is 16.7 Å². The van der Waals surface area contributed by atoms with Crippen LogP contribution in [0.5, 0.6) is 0 Å². The van der Waals surface area contributed by atoms with Crippen LogP contribution in [0.1, 0.15) is 18.4 Å². The number of nitrogens with one attached hydrogen (secondary N) is 1. The molecule has 1 aliphatic rings. The highest BCUT2D eigenvalue weighted by molar-refractivity contribution is 6.30. The van der Waals surface area contributed by atoms with Crippen LogP contribution in [0.15, 0.2) is 18.2 Å². The number of alkyl halides is 3. The van der Waals surface area contributed by atoms with Crippen LogP contribution in [0, 0.1) is 5.92 Å². The lowest BCUT2D eigenvalue weighted by atomic mass is 9.97. The number of carbonyl (C=O) groups is 2. The van der Waals surface area contributed by atoms with Gasteiger partial charge < -0.3 is 10.4 Å². The van der Waals surface area contributed by atoms with E-state index in [1.807, 2.05) is 0 Å². The fourth-order valence-electron chi connectivity index (χ4n) is 2.59. The van der Waals surface area contributed by atoms with Crippen LogP contribution in [-0.4, -0.2) is 41.5 Å². The predicted octanol–water partition coefficient (Wildman–Crippen LogP) is 3.09. The second-order valence-corrected chi connectivity index (χ2v) is 6.06. The number of hydrogen-bond acceptors (Lipinski definition) is 3. The summed E-state index contributed by atoms with van der Waals surface area (Å²) in [6.07, 6.45) is -3.80. The third-order valence-electron chi connectivity index (χ3n) is 3.87. The van der Waals surface area contributed by atoms with Crippen molar-refractivity contribution >= 4 is 29.2 Å². The van der Waals surface area contributed by atoms with Gasteiger partial charge in [-0.15, -0.1) is 0 Å². The molecule has 0 bridgehead atoms. The average Bonchev–Trinajstić information content (AvgIpc) is 2.48. The summed E-state index contributed by atoms with van der Waals surface area (Å²) in [5.74, 6) is -1.89. The number of halogens is 4. The smallest absolute Gasteiger partial charge is 0.418 e. The van der Waals surface area contributed by atoms with Crippen LogP contribution in [-0.2, 0) is 15.8 Å². The molecule has 0 unspecified atom stereocenters. The van der Waals surface area contributed by atoms with Crippen molar-refractivity contribution in [2.24, 2.45) is 5.92 Å². The number of carboxylic acid groups (broad SMARTS) is 1. The molecule has 0 radical (unpaired) electrons. The van der Waals surface area contributed by atoms with E-state index in [9.17, 15) is 22.8 Å². The van der Waals surface area contributed by atoms with Crippen molar-refractivity contribution in [2.45, 2.75) is 19.0 Å². The molecule has 0 atom stereocenters. The Bertz CT molecular complexity index is 629. The number of aliphatic carboxylic acids is 1. The normalized spacial score (nSPS) is 16.8. The predicted molar refractivity (Wildman–Crippen MR) is 81.9 cm³/mol. The number of benzene rings is 1. The molecule has 2 rings (SSSR count). The second-order valence-electron chi connectivity index (χ2n) is 5.62. The standard InChI is InChI=1S/C15H16ClF3N2O3/c16-10-1-2-12(11(7-10)15(17,18)19)20-13(22)8-21-5-3-9(4-6-21)14(23)24/h1-2,7,9H,3-6,8H2,(H,20,22)(H,23,24). The zero-order valence-electron chi connectivity index (χ0n) is 12.6. The summed E-state index contributed by atoms with van der Waals surface area (Å²) in [5, 5.41) is 11.1. The molecule has 1 aliphatic heterocycles. The molecular formula is C15H16ClF3N2O3. The van der Waals surface area contributed by atoms with Gasteiger partial charge in [-0.1, -0.05) is 11.6 Å². The molecule has 0 spiro atoms. The SMILES string of the molecule is O=C(CN1CCC(C(=O)O)CC1)Nc1ccc(Cl)cc1C(F)(F)F. The first-order valence-corrected chi connectivity index (χ1v) is 7.66. The number of hydrogen-bond donors (Lipinski definition) is 2. The lowest BCUT2D eigenvalue weighted by Crippen LogP contribution is -2.40. The first-order valence-electron chi connectivity index (χ1n) is 7.28. The van der Waals surface area contributed by atoms with Crippen LogP contribution in [0.25, 0.3) is 0 Å². The van der Waals surface area contributed by atoms with Gasteiger partial charge in [0.15, 0.2) is 0 Å². The molecule has 2 N–H and O–H groups in total. The molecule has 1 aromatic carbocycles. The number of anilines is 1. The number of piperidine rings is 1. The molecule has 1 fully saturated rings. The van der Waals surface area contributed by atoms with Gasteiger partial charge in [0.25, 0.3) is 0 Å². The van der Waals surface area contributed by atoms with Crippen LogP contribution in [0.2, 0.25) is 5.02 Å². The van der Waals surface area contributed by atoms with E-state index in [0.29, 0.717) is 25.9 Å². The summed E-state index contributed by atoms with van der Waals surface area (Å²) >= 11 is 5.59. The Morgan fingerprint density at radius 3 is 2.46 bits per heavy atom. The zero-order chi connectivity index (χ0) is 17.9. The third kappa shape index (κ3) is 4.85. The van der Waals surface area contributed by atoms with Gasteiger partial charge in [-0.3, -0.25) is 14.5 Å². The van der Waals surface area contributed by atoms with Gasteiger partial charge in [0.1, 0.15) is 0 Å². The van der Waals surface area contributed by atoms with Crippen LogP contribution < -0.4 is 5.32 Å². The topological polar surface area (TPSA) is 69.6 Å². The van der Waals surface area contributed by atoms with Gasteiger partial charge >= 0.3 is 12.1 Å². The molecule has 0 saturated carbocycles. The Balaban J connectivity index is 1.97. The van der Waals surface area contributed by atoms with E-state index in [2.05, 4.69) is 5.32 Å². The summed E-state index contributed by atoms with van der Waals surface area (Å²) in [7, 11) is 0. The van der Waals surface area contributed by atoms with Crippen molar-refractivity contribution in [3.8, 4) is 0 Å². The Morgan fingerprint density at radius 1 is 1.29 bits per heavy atom. The van der Waals surface area contributed by atoms with Crippen molar-refractivity contribution < 1.29 is 27.9 Å². The Kier molecular flexibility index (Phi) is 5.71. The first-order chi connectivity index (χ1) is 11.2. The summed E-state index contributed by atoms with van der Waals surface area (Å²) < 4.78 is 38.9. The molecule has 1 amide bonds. The average molecular weight is 365 g/mol. The Hall–Kier alpha value is -1.80. The van der Waals surface area contributed by atoms with Gasteiger partial charge in [0.05, 0.1) is 23.7 Å². The summed E-state index contributed by atoms with van der Waals surface area (Å²) in [4.78, 5) is 24.6. The lowest BCUT2D eigenvalue weighted by molar-refractivity contribution is -0.143. The molecule has 24 heavy (non-hydrogen) atoms. The van der Waals surface area contributed by atoms with E-state index in [1.165, 1.54) is 6.07 Å². The van der Waals surface area contributed by atoms with Crippen LogP contribution >= 0.6 is 11.6 Å². The quantitative estimate of drug-likeness (QED) is 0.861. The van der Waals surface area contributed by atoms with Gasteiger partial charge in [0, 0.05) is 5.02 Å². The fourth-order valence-corrected chi connectivity index (χ4v) is 2.76. The molecule has 0 aliphatic carbocycles. The highest BCUT2D eigenvalue weighted by Crippen LogP contribution is 2.36. The molecule has 0 aromatic heterocycles. The number of amides is 1. The second kappa shape index (κ2) is 7.40. The molecule has 1 heterocycles. The van der Waals surface area contributed by atoms with Gasteiger partial charge in [-0.25, -0.2) is 0 Å². The molecule has 5 nitrogen and oxygen atoms in total. The van der Waals surface area contributed by atoms with E-state index in [-0.39, 0.29) is 17.3 Å². The van der Waals surface area contributed by atoms with E-state index >= 15 is 0 Å².